The first-order valence-corrected chi connectivity index (χ1v) is 9.17. The molecule has 2 aromatic heterocycles. The molecule has 0 radical (unpaired) electrons. The first kappa shape index (κ1) is 16.2. The van der Waals surface area contributed by atoms with Crippen molar-refractivity contribution in [1.29, 1.82) is 0 Å². The quantitative estimate of drug-likeness (QED) is 0.309. The number of H-pyrrole nitrogens is 1. The Morgan fingerprint density at radius 2 is 1.86 bits per heavy atom. The molecule has 4 nitrogen and oxygen atoms in total. The van der Waals surface area contributed by atoms with E-state index in [-0.39, 0.29) is 11.6 Å². The average Bonchev–Trinajstić information content (AvgIpc) is 3.25. The third-order valence-corrected chi connectivity index (χ3v) is 5.55. The molecule has 29 heavy (non-hydrogen) atoms. The Kier molecular flexibility index (Phi) is 3.13. The van der Waals surface area contributed by atoms with Crippen LogP contribution in [-0.2, 0) is 7.05 Å². The summed E-state index contributed by atoms with van der Waals surface area (Å²) < 4.78 is 37.4. The number of fused-ring (bicyclic) bond motifs is 4. The first-order valence-electron chi connectivity index (χ1n) is 9.17. The van der Waals surface area contributed by atoms with Crippen LogP contribution in [0.5, 0.6) is 11.5 Å². The number of pyridine rings is 1. The molecule has 0 amide bonds. The minimum Gasteiger partial charge on any atom is -0.456 e. The lowest BCUT2D eigenvalue weighted by Gasteiger charge is -2.20. The fourth-order valence-corrected chi connectivity index (χ4v) is 4.27. The highest BCUT2D eigenvalue weighted by Crippen LogP contribution is 2.47. The summed E-state index contributed by atoms with van der Waals surface area (Å²) in [5.74, 6) is 0.529. The molecule has 0 saturated carbocycles. The summed E-state index contributed by atoms with van der Waals surface area (Å²) in [4.78, 5) is 0. The monoisotopic (exact) mass is 386 g/mol. The number of aromatic nitrogens is 3. The van der Waals surface area contributed by atoms with Crippen molar-refractivity contribution in [2.45, 2.75) is 0 Å². The van der Waals surface area contributed by atoms with Crippen LogP contribution in [0.25, 0.3) is 44.1 Å². The highest BCUT2D eigenvalue weighted by Gasteiger charge is 2.31. The van der Waals surface area contributed by atoms with E-state index in [4.69, 9.17) is 4.74 Å². The van der Waals surface area contributed by atoms with E-state index < -0.39 is 0 Å². The highest BCUT2D eigenvalue weighted by atomic mass is 19.1. The van der Waals surface area contributed by atoms with Gasteiger partial charge in [0.25, 0.3) is 0 Å². The molecule has 0 bridgehead atoms. The molecule has 0 unspecified atom stereocenters. The predicted molar refractivity (Wildman–Crippen MR) is 106 cm³/mol. The molecule has 3 heterocycles. The molecule has 6 rings (SSSR count). The molecular weight excluding hydrogens is 372 g/mol. The van der Waals surface area contributed by atoms with E-state index in [2.05, 4.69) is 10.2 Å². The van der Waals surface area contributed by atoms with Gasteiger partial charge in [-0.15, -0.1) is 0 Å². The van der Waals surface area contributed by atoms with Gasteiger partial charge in [0.1, 0.15) is 30.2 Å². The van der Waals surface area contributed by atoms with Gasteiger partial charge in [-0.1, -0.05) is 12.1 Å². The summed E-state index contributed by atoms with van der Waals surface area (Å²) >= 11 is 0. The molecule has 5 aromatic rings. The number of hydrogen-bond acceptors (Lipinski definition) is 2. The zero-order valence-electron chi connectivity index (χ0n) is 15.3. The van der Waals surface area contributed by atoms with Crippen LogP contribution in [0.4, 0.5) is 8.78 Å². The van der Waals surface area contributed by atoms with E-state index in [1.54, 1.807) is 18.5 Å². The number of nitrogens with zero attached hydrogens (tertiary/aromatic N) is 2. The van der Waals surface area contributed by atoms with Gasteiger partial charge >= 0.3 is 0 Å². The summed E-state index contributed by atoms with van der Waals surface area (Å²) in [6, 6.07) is 13.5. The number of aryl methyl sites for hydroxylation is 1. The van der Waals surface area contributed by atoms with Gasteiger partial charge in [-0.25, -0.2) is 8.78 Å². The third kappa shape index (κ3) is 2.17. The van der Waals surface area contributed by atoms with Gasteiger partial charge in [0.2, 0.25) is 11.2 Å². The van der Waals surface area contributed by atoms with Gasteiger partial charge in [0.05, 0.1) is 22.5 Å². The van der Waals surface area contributed by atoms with E-state index in [1.807, 2.05) is 35.9 Å². The van der Waals surface area contributed by atoms with Crippen molar-refractivity contribution in [3.05, 3.63) is 72.6 Å². The van der Waals surface area contributed by atoms with Gasteiger partial charge in [-0.2, -0.15) is 9.67 Å². The van der Waals surface area contributed by atoms with Crippen molar-refractivity contribution >= 4 is 21.7 Å². The molecule has 3 aromatic carbocycles. The highest BCUT2D eigenvalue weighted by molar-refractivity contribution is 6.13. The maximum atomic E-state index is 15.3. The van der Waals surface area contributed by atoms with Crippen molar-refractivity contribution in [3.63, 3.8) is 0 Å². The van der Waals surface area contributed by atoms with Crippen LogP contribution in [0.3, 0.4) is 0 Å². The largest absolute Gasteiger partial charge is 0.456 e. The lowest BCUT2D eigenvalue weighted by atomic mass is 9.94. The van der Waals surface area contributed by atoms with Crippen LogP contribution in [0, 0.1) is 11.6 Å². The fourth-order valence-electron chi connectivity index (χ4n) is 4.27. The molecule has 0 saturated heterocycles. The van der Waals surface area contributed by atoms with Gasteiger partial charge in [0, 0.05) is 23.2 Å². The van der Waals surface area contributed by atoms with E-state index in [0.29, 0.717) is 33.5 Å². The minimum atomic E-state index is -0.349. The number of benzene rings is 3. The Bertz CT molecular complexity index is 1460. The average molecular weight is 386 g/mol. The lowest BCUT2D eigenvalue weighted by Crippen LogP contribution is -2.33. The van der Waals surface area contributed by atoms with Crippen LogP contribution in [0.1, 0.15) is 0 Å². The Labute approximate surface area is 164 Å². The first-order chi connectivity index (χ1) is 14.1. The Morgan fingerprint density at radius 3 is 2.69 bits per heavy atom. The maximum Gasteiger partial charge on any atom is 0.228 e. The number of hydrogen-bond donors (Lipinski definition) is 1. The molecule has 6 heteroatoms. The molecule has 1 aliphatic heterocycles. The zero-order chi connectivity index (χ0) is 19.7. The number of aromatic amines is 1. The second-order valence-electron chi connectivity index (χ2n) is 7.17. The molecule has 0 spiro atoms. The van der Waals surface area contributed by atoms with Gasteiger partial charge in [-0.05, 0) is 35.9 Å². The SMILES string of the molecule is C[n+]1c2c3c(cccc3c3c(F)cc(-c4cn[nH]c4)cc31)Oc1ccc(F)cc1-2. The second kappa shape index (κ2) is 5.61. The minimum absolute atomic E-state index is 0.331. The van der Waals surface area contributed by atoms with E-state index in [0.717, 1.165) is 22.0 Å². The fraction of sp³-hybridized carbons (Fsp3) is 0.0435. The van der Waals surface area contributed by atoms with E-state index >= 15 is 4.39 Å². The zero-order valence-corrected chi connectivity index (χ0v) is 15.3. The van der Waals surface area contributed by atoms with Crippen LogP contribution in [0.2, 0.25) is 0 Å². The second-order valence-corrected chi connectivity index (χ2v) is 7.17. The summed E-state index contributed by atoms with van der Waals surface area (Å²) in [5, 5.41) is 8.73. The van der Waals surface area contributed by atoms with Crippen LogP contribution in [-0.4, -0.2) is 10.2 Å². The normalized spacial score (nSPS) is 12.2. The third-order valence-electron chi connectivity index (χ3n) is 5.55. The molecule has 0 aliphatic carbocycles. The molecule has 1 aliphatic rings. The smallest absolute Gasteiger partial charge is 0.228 e. The van der Waals surface area contributed by atoms with E-state index in [9.17, 15) is 4.39 Å². The number of nitrogens with one attached hydrogen (secondary N) is 1. The topological polar surface area (TPSA) is 41.8 Å². The molecule has 1 N–H and O–H groups in total. The van der Waals surface area contributed by atoms with Gasteiger partial charge in [0.15, 0.2) is 0 Å². The standard InChI is InChI=1S/C23H13F2N3O/c1-28-18-8-12(13-10-26-27-11-13)7-17(25)21(18)15-3-2-4-20-22(15)23(28)16-9-14(24)5-6-19(16)29-20/h2-11H,1H3/p+1. The number of ether oxygens (including phenoxy) is 1. The Balaban J connectivity index is 1.82. The lowest BCUT2D eigenvalue weighted by molar-refractivity contribution is -0.632. The Hall–Kier alpha value is -3.80. The van der Waals surface area contributed by atoms with Crippen LogP contribution < -0.4 is 9.30 Å². The molecular formula is C23H14F2N3O+. The van der Waals surface area contributed by atoms with Crippen molar-refractivity contribution < 1.29 is 18.1 Å². The predicted octanol–water partition coefficient (Wildman–Crippen LogP) is 5.26. The summed E-state index contributed by atoms with van der Waals surface area (Å²) in [6.45, 7) is 0. The van der Waals surface area contributed by atoms with Crippen LogP contribution in [0.15, 0.2) is 60.9 Å². The van der Waals surface area contributed by atoms with Crippen molar-refractivity contribution in [2.24, 2.45) is 7.05 Å². The number of halogens is 2. The molecule has 0 atom stereocenters. The van der Waals surface area contributed by atoms with Crippen molar-refractivity contribution in [2.75, 3.05) is 0 Å². The van der Waals surface area contributed by atoms with Crippen molar-refractivity contribution in [3.8, 4) is 33.9 Å². The van der Waals surface area contributed by atoms with Crippen LogP contribution >= 0.6 is 0 Å². The van der Waals surface area contributed by atoms with Crippen molar-refractivity contribution in [1.82, 2.24) is 10.2 Å². The maximum absolute atomic E-state index is 15.3. The van der Waals surface area contributed by atoms with E-state index in [1.165, 1.54) is 18.2 Å². The summed E-state index contributed by atoms with van der Waals surface area (Å²) in [6.07, 6.45) is 3.38. The Morgan fingerprint density at radius 1 is 0.966 bits per heavy atom. The summed E-state index contributed by atoms with van der Waals surface area (Å²) in [7, 11) is 1.87. The van der Waals surface area contributed by atoms with Gasteiger partial charge in [-0.3, -0.25) is 5.10 Å². The van der Waals surface area contributed by atoms with Gasteiger partial charge < -0.3 is 4.74 Å². The molecule has 0 fully saturated rings. The number of rotatable bonds is 1. The summed E-state index contributed by atoms with van der Waals surface area (Å²) in [5.41, 5.74) is 3.66. The molecule has 140 valence electrons.